The number of hydrogen-bond donors (Lipinski definition) is 0. The molecule has 0 atom stereocenters. The van der Waals surface area contributed by atoms with Crippen LogP contribution >= 0.6 is 11.3 Å². The maximum Gasteiger partial charge on any atom is 0.236 e. The van der Waals surface area contributed by atoms with E-state index in [9.17, 15) is 9.18 Å². The van der Waals surface area contributed by atoms with E-state index >= 15 is 0 Å². The molecule has 1 aliphatic heterocycles. The summed E-state index contributed by atoms with van der Waals surface area (Å²) in [6, 6.07) is 5.91. The lowest BCUT2D eigenvalue weighted by atomic mass is 10.3. The summed E-state index contributed by atoms with van der Waals surface area (Å²) < 4.78 is 23.8. The molecule has 26 heavy (non-hydrogen) atoms. The fourth-order valence-electron chi connectivity index (χ4n) is 2.64. The minimum Gasteiger partial charge on any atom is -0.486 e. The maximum absolute atomic E-state index is 12.9. The summed E-state index contributed by atoms with van der Waals surface area (Å²) in [5.41, 5.74) is 0.907. The van der Waals surface area contributed by atoms with Crippen molar-refractivity contribution in [3.63, 3.8) is 0 Å². The third-order valence-electron chi connectivity index (χ3n) is 3.98. The van der Waals surface area contributed by atoms with Gasteiger partial charge >= 0.3 is 0 Å². The first-order valence-electron chi connectivity index (χ1n) is 8.46. The van der Waals surface area contributed by atoms with Crippen LogP contribution in [0.3, 0.4) is 0 Å². The molecule has 1 aliphatic rings. The lowest BCUT2D eigenvalue weighted by Crippen LogP contribution is -2.44. The van der Waals surface area contributed by atoms with E-state index in [1.165, 1.54) is 23.5 Å². The van der Waals surface area contributed by atoms with Gasteiger partial charge in [0.2, 0.25) is 5.91 Å². The fraction of sp³-hybridized carbons (Fsp3) is 0.444. The van der Waals surface area contributed by atoms with Crippen molar-refractivity contribution in [1.82, 2.24) is 14.8 Å². The normalized spacial score (nSPS) is 14.7. The second-order valence-corrected chi connectivity index (χ2v) is 7.08. The zero-order chi connectivity index (χ0) is 18.4. The Labute approximate surface area is 156 Å². The van der Waals surface area contributed by atoms with E-state index < -0.39 is 0 Å². The van der Waals surface area contributed by atoms with Gasteiger partial charge in [-0.15, -0.1) is 11.3 Å². The van der Waals surface area contributed by atoms with Crippen molar-refractivity contribution in [2.75, 3.05) is 39.9 Å². The highest BCUT2D eigenvalue weighted by Gasteiger charge is 2.18. The molecule has 0 spiro atoms. The van der Waals surface area contributed by atoms with Crippen LogP contribution in [0.15, 0.2) is 29.6 Å². The average Bonchev–Trinajstić information content (AvgIpc) is 3.09. The van der Waals surface area contributed by atoms with Crippen molar-refractivity contribution in [2.24, 2.45) is 0 Å². The summed E-state index contributed by atoms with van der Waals surface area (Å²) in [6.07, 6.45) is 0. The first kappa shape index (κ1) is 18.8. The number of ether oxygens (including phenoxy) is 2. The molecule has 1 fully saturated rings. The van der Waals surface area contributed by atoms with Gasteiger partial charge in [0.15, 0.2) is 0 Å². The van der Waals surface area contributed by atoms with Gasteiger partial charge in [0.1, 0.15) is 23.2 Å². The zero-order valence-electron chi connectivity index (χ0n) is 14.7. The summed E-state index contributed by atoms with van der Waals surface area (Å²) in [5, 5.41) is 2.82. The minimum atomic E-state index is -0.288. The van der Waals surface area contributed by atoms with Crippen molar-refractivity contribution in [2.45, 2.75) is 13.2 Å². The number of likely N-dealkylation sites (N-methyl/N-ethyl adjacent to an activating group) is 1. The zero-order valence-corrected chi connectivity index (χ0v) is 15.5. The van der Waals surface area contributed by atoms with E-state index in [1.54, 1.807) is 12.1 Å². The number of carbonyl (C=O) groups is 1. The molecule has 6 nitrogen and oxygen atoms in total. The van der Waals surface area contributed by atoms with Gasteiger partial charge in [0.25, 0.3) is 0 Å². The Kier molecular flexibility index (Phi) is 6.54. The monoisotopic (exact) mass is 379 g/mol. The number of hydrogen-bond acceptors (Lipinski definition) is 6. The molecule has 1 aromatic carbocycles. The summed E-state index contributed by atoms with van der Waals surface area (Å²) >= 11 is 1.51. The molecule has 0 unspecified atom stereocenters. The smallest absolute Gasteiger partial charge is 0.236 e. The van der Waals surface area contributed by atoms with Gasteiger partial charge in [-0.1, -0.05) is 0 Å². The molecule has 2 heterocycles. The third-order valence-corrected chi connectivity index (χ3v) is 4.85. The van der Waals surface area contributed by atoms with E-state index in [4.69, 9.17) is 9.47 Å². The summed E-state index contributed by atoms with van der Waals surface area (Å²) in [6.45, 7) is 3.84. The Balaban J connectivity index is 1.45. The third kappa shape index (κ3) is 5.48. The van der Waals surface area contributed by atoms with E-state index in [0.717, 1.165) is 10.7 Å². The minimum absolute atomic E-state index is 0.117. The molecule has 0 radical (unpaired) electrons. The summed E-state index contributed by atoms with van der Waals surface area (Å²) in [7, 11) is 1.91. The molecule has 0 aliphatic carbocycles. The molecule has 140 valence electrons. The number of thiazole rings is 1. The van der Waals surface area contributed by atoms with Gasteiger partial charge in [0, 0.05) is 25.0 Å². The SMILES string of the molecule is CN(CC(=O)N1CCOCC1)Cc1csc(COc2ccc(F)cc2)n1. The predicted molar refractivity (Wildman–Crippen MR) is 96.6 cm³/mol. The number of morpholine rings is 1. The van der Waals surface area contributed by atoms with Crippen LogP contribution in [-0.2, 0) is 22.7 Å². The first-order valence-corrected chi connectivity index (χ1v) is 9.34. The number of halogens is 1. The Hall–Kier alpha value is -2.03. The summed E-state index contributed by atoms with van der Waals surface area (Å²) in [5.74, 6) is 0.436. The van der Waals surface area contributed by atoms with Crippen molar-refractivity contribution in [3.8, 4) is 5.75 Å². The van der Waals surface area contributed by atoms with Crippen LogP contribution in [0.5, 0.6) is 5.75 Å². The molecule has 0 saturated carbocycles. The topological polar surface area (TPSA) is 54.9 Å². The van der Waals surface area contributed by atoms with E-state index in [0.29, 0.717) is 51.7 Å². The Bertz CT molecular complexity index is 717. The van der Waals surface area contributed by atoms with Crippen LogP contribution in [0.4, 0.5) is 4.39 Å². The van der Waals surface area contributed by atoms with Gasteiger partial charge in [-0.25, -0.2) is 9.37 Å². The van der Waals surface area contributed by atoms with Crippen molar-refractivity contribution >= 4 is 17.2 Å². The second kappa shape index (κ2) is 9.07. The van der Waals surface area contributed by atoms with Crippen LogP contribution in [0.25, 0.3) is 0 Å². The molecule has 0 bridgehead atoms. The molecule has 1 aromatic heterocycles. The lowest BCUT2D eigenvalue weighted by Gasteiger charge is -2.28. The van der Waals surface area contributed by atoms with Crippen LogP contribution in [-0.4, -0.2) is 60.6 Å². The highest BCUT2D eigenvalue weighted by atomic mass is 32.1. The van der Waals surface area contributed by atoms with Gasteiger partial charge in [-0.05, 0) is 31.3 Å². The molecule has 0 N–H and O–H groups in total. The number of benzene rings is 1. The van der Waals surface area contributed by atoms with Gasteiger partial charge < -0.3 is 14.4 Å². The molecular formula is C18H22FN3O3S. The number of amides is 1. The average molecular weight is 379 g/mol. The van der Waals surface area contributed by atoms with E-state index in [-0.39, 0.29) is 11.7 Å². The molecule has 1 amide bonds. The molecule has 8 heteroatoms. The van der Waals surface area contributed by atoms with Crippen LogP contribution in [0, 0.1) is 5.82 Å². The molecular weight excluding hydrogens is 357 g/mol. The Morgan fingerprint density at radius 1 is 1.35 bits per heavy atom. The highest BCUT2D eigenvalue weighted by Crippen LogP contribution is 2.16. The van der Waals surface area contributed by atoms with Crippen molar-refractivity contribution in [1.29, 1.82) is 0 Å². The highest BCUT2D eigenvalue weighted by molar-refractivity contribution is 7.09. The Morgan fingerprint density at radius 2 is 2.08 bits per heavy atom. The predicted octanol–water partition coefficient (Wildman–Crippen LogP) is 2.15. The number of nitrogens with zero attached hydrogens (tertiary/aromatic N) is 3. The molecule has 3 rings (SSSR count). The van der Waals surface area contributed by atoms with Crippen LogP contribution in [0.1, 0.15) is 10.7 Å². The van der Waals surface area contributed by atoms with Crippen LogP contribution < -0.4 is 4.74 Å². The van der Waals surface area contributed by atoms with Crippen molar-refractivity contribution in [3.05, 3.63) is 46.2 Å². The van der Waals surface area contributed by atoms with Gasteiger partial charge in [-0.2, -0.15) is 0 Å². The molecule has 2 aromatic rings. The van der Waals surface area contributed by atoms with Gasteiger partial charge in [0.05, 0.1) is 25.5 Å². The first-order chi connectivity index (χ1) is 12.6. The van der Waals surface area contributed by atoms with E-state index in [2.05, 4.69) is 4.98 Å². The fourth-order valence-corrected chi connectivity index (χ4v) is 3.34. The number of rotatable bonds is 7. The number of aromatic nitrogens is 1. The van der Waals surface area contributed by atoms with E-state index in [1.807, 2.05) is 22.2 Å². The largest absolute Gasteiger partial charge is 0.486 e. The molecule has 1 saturated heterocycles. The van der Waals surface area contributed by atoms with Crippen LogP contribution in [0.2, 0.25) is 0 Å². The number of carbonyl (C=O) groups excluding carboxylic acids is 1. The quantitative estimate of drug-likeness (QED) is 0.738. The van der Waals surface area contributed by atoms with Gasteiger partial charge in [-0.3, -0.25) is 9.69 Å². The second-order valence-electron chi connectivity index (χ2n) is 6.14. The standard InChI is InChI=1S/C18H22FN3O3S/c1-21(11-18(23)22-6-8-24-9-7-22)10-15-13-26-17(20-15)12-25-16-4-2-14(19)3-5-16/h2-5,13H,6-12H2,1H3. The Morgan fingerprint density at radius 3 is 2.81 bits per heavy atom. The van der Waals surface area contributed by atoms with Crippen molar-refractivity contribution < 1.29 is 18.7 Å². The summed E-state index contributed by atoms with van der Waals surface area (Å²) in [4.78, 5) is 20.6. The maximum atomic E-state index is 12.9. The lowest BCUT2D eigenvalue weighted by molar-refractivity contribution is -0.136.